The van der Waals surface area contributed by atoms with E-state index in [1.165, 1.54) is 18.4 Å². The van der Waals surface area contributed by atoms with Crippen LogP contribution in [0.4, 0.5) is 5.95 Å². The van der Waals surface area contributed by atoms with Crippen molar-refractivity contribution in [1.29, 1.82) is 0 Å². The Morgan fingerprint density at radius 1 is 1.06 bits per heavy atom. The van der Waals surface area contributed by atoms with E-state index in [1.54, 1.807) is 0 Å². The minimum atomic E-state index is 0.255. The zero-order chi connectivity index (χ0) is 21.6. The normalized spacial score (nSPS) is 16.8. The summed E-state index contributed by atoms with van der Waals surface area (Å²) in [7, 11) is 3.98. The molecule has 0 N–H and O–H groups in total. The molecule has 0 radical (unpaired) electrons. The van der Waals surface area contributed by atoms with Crippen molar-refractivity contribution >= 4 is 5.95 Å². The van der Waals surface area contributed by atoms with E-state index in [4.69, 9.17) is 9.72 Å². The molecule has 6 nitrogen and oxygen atoms in total. The van der Waals surface area contributed by atoms with E-state index < -0.39 is 0 Å². The molecule has 6 heteroatoms. The topological polar surface area (TPSA) is 54.4 Å². The van der Waals surface area contributed by atoms with Crippen molar-refractivity contribution in [2.45, 2.75) is 38.8 Å². The second kappa shape index (κ2) is 9.88. The third-order valence-electron chi connectivity index (χ3n) is 5.75. The second-order valence-electron chi connectivity index (χ2n) is 8.16. The molecule has 1 aliphatic rings. The summed E-state index contributed by atoms with van der Waals surface area (Å²) in [5.74, 6) is 1.67. The molecule has 1 saturated heterocycles. The third-order valence-corrected chi connectivity index (χ3v) is 5.75. The number of rotatable bonds is 7. The Balaban J connectivity index is 1.67. The number of anilines is 1. The monoisotopic (exact) mass is 417 g/mol. The van der Waals surface area contributed by atoms with E-state index >= 15 is 0 Å². The number of benzene rings is 1. The molecule has 1 aromatic carbocycles. The molecule has 1 aliphatic heterocycles. The van der Waals surface area contributed by atoms with Gasteiger partial charge in [0.2, 0.25) is 5.95 Å². The molecular weight excluding hydrogens is 386 g/mol. The Morgan fingerprint density at radius 2 is 1.84 bits per heavy atom. The van der Waals surface area contributed by atoms with Gasteiger partial charge in [-0.25, -0.2) is 9.97 Å². The number of aromatic nitrogens is 3. The molecule has 162 valence electrons. The lowest BCUT2D eigenvalue weighted by atomic mass is 9.93. The molecule has 31 heavy (non-hydrogen) atoms. The SMILES string of the molecule is CCOc1ccc(CN2CCCC[C@H]2c2nc(N(C)C)ncc2-c2ccncc2)cc1. The number of pyridine rings is 1. The fourth-order valence-electron chi connectivity index (χ4n) is 4.19. The van der Waals surface area contributed by atoms with Crippen LogP contribution in [0, 0.1) is 0 Å². The highest BCUT2D eigenvalue weighted by atomic mass is 16.5. The van der Waals surface area contributed by atoms with Crippen molar-refractivity contribution in [3.05, 3.63) is 66.2 Å². The largest absolute Gasteiger partial charge is 0.494 e. The van der Waals surface area contributed by atoms with Crippen molar-refractivity contribution < 1.29 is 4.74 Å². The number of hydrogen-bond donors (Lipinski definition) is 0. The van der Waals surface area contributed by atoms with Crippen LogP contribution in [0.2, 0.25) is 0 Å². The van der Waals surface area contributed by atoms with Gasteiger partial charge in [0, 0.05) is 44.8 Å². The average molecular weight is 418 g/mol. The van der Waals surface area contributed by atoms with Gasteiger partial charge in [-0.3, -0.25) is 9.88 Å². The summed E-state index contributed by atoms with van der Waals surface area (Å²) >= 11 is 0. The number of likely N-dealkylation sites (tertiary alicyclic amines) is 1. The van der Waals surface area contributed by atoms with Crippen LogP contribution in [-0.4, -0.2) is 47.1 Å². The molecule has 1 atom stereocenters. The Morgan fingerprint density at radius 3 is 2.55 bits per heavy atom. The van der Waals surface area contributed by atoms with Gasteiger partial charge in [0.1, 0.15) is 5.75 Å². The smallest absolute Gasteiger partial charge is 0.225 e. The van der Waals surface area contributed by atoms with E-state index in [0.717, 1.165) is 48.0 Å². The van der Waals surface area contributed by atoms with Crippen LogP contribution in [-0.2, 0) is 6.54 Å². The van der Waals surface area contributed by atoms with Gasteiger partial charge in [-0.15, -0.1) is 0 Å². The summed E-state index contributed by atoms with van der Waals surface area (Å²) in [6.45, 7) is 4.66. The quantitative estimate of drug-likeness (QED) is 0.554. The van der Waals surface area contributed by atoms with Crippen LogP contribution in [0.1, 0.15) is 43.5 Å². The summed E-state index contributed by atoms with van der Waals surface area (Å²) in [4.78, 5) is 18.4. The van der Waals surface area contributed by atoms with E-state index in [-0.39, 0.29) is 6.04 Å². The van der Waals surface area contributed by atoms with Crippen molar-refractivity contribution in [1.82, 2.24) is 19.9 Å². The van der Waals surface area contributed by atoms with Crippen LogP contribution in [0.3, 0.4) is 0 Å². The lowest BCUT2D eigenvalue weighted by Crippen LogP contribution is -2.34. The highest BCUT2D eigenvalue weighted by molar-refractivity contribution is 5.66. The maximum absolute atomic E-state index is 5.60. The number of piperidine rings is 1. The van der Waals surface area contributed by atoms with Crippen LogP contribution in [0.15, 0.2) is 55.0 Å². The second-order valence-corrected chi connectivity index (χ2v) is 8.16. The predicted molar refractivity (Wildman–Crippen MR) is 124 cm³/mol. The molecule has 1 fully saturated rings. The van der Waals surface area contributed by atoms with E-state index in [2.05, 4.69) is 39.1 Å². The summed E-state index contributed by atoms with van der Waals surface area (Å²) in [6.07, 6.45) is 9.15. The molecule has 0 saturated carbocycles. The van der Waals surface area contributed by atoms with E-state index in [9.17, 15) is 0 Å². The standard InChI is InChI=1S/C25H31N5O/c1-4-31-21-10-8-19(9-11-21)18-30-16-6-5-7-23(30)24-22(20-12-14-26-15-13-20)17-27-25(28-24)29(2)3/h8-15,17,23H,4-7,16,18H2,1-3H3/t23-/m0/s1. The fraction of sp³-hybridized carbons (Fsp3) is 0.400. The summed E-state index contributed by atoms with van der Waals surface area (Å²) in [5.41, 5.74) is 4.61. The zero-order valence-corrected chi connectivity index (χ0v) is 18.7. The number of nitrogens with zero attached hydrogens (tertiary/aromatic N) is 5. The fourth-order valence-corrected chi connectivity index (χ4v) is 4.19. The minimum absolute atomic E-state index is 0.255. The Kier molecular flexibility index (Phi) is 6.77. The Labute approximate surface area is 184 Å². The van der Waals surface area contributed by atoms with Gasteiger partial charge in [0.05, 0.1) is 18.3 Å². The van der Waals surface area contributed by atoms with Gasteiger partial charge in [-0.2, -0.15) is 0 Å². The lowest BCUT2D eigenvalue weighted by molar-refractivity contribution is 0.137. The summed E-state index contributed by atoms with van der Waals surface area (Å²) < 4.78 is 5.60. The molecule has 4 rings (SSSR count). The van der Waals surface area contributed by atoms with Crippen molar-refractivity contribution in [3.8, 4) is 16.9 Å². The predicted octanol–water partition coefficient (Wildman–Crippen LogP) is 4.73. The highest BCUT2D eigenvalue weighted by Gasteiger charge is 2.28. The zero-order valence-electron chi connectivity index (χ0n) is 18.7. The Hall–Kier alpha value is -2.99. The first kappa shape index (κ1) is 21.2. The first-order chi connectivity index (χ1) is 15.2. The van der Waals surface area contributed by atoms with Gasteiger partial charge < -0.3 is 9.64 Å². The maximum atomic E-state index is 5.60. The van der Waals surface area contributed by atoms with E-state index in [1.807, 2.05) is 56.6 Å². The van der Waals surface area contributed by atoms with Crippen LogP contribution in [0.25, 0.3) is 11.1 Å². The van der Waals surface area contributed by atoms with Gasteiger partial charge in [-0.1, -0.05) is 18.6 Å². The molecular formula is C25H31N5O. The molecule has 0 unspecified atom stereocenters. The minimum Gasteiger partial charge on any atom is -0.494 e. The van der Waals surface area contributed by atoms with Gasteiger partial charge in [0.15, 0.2) is 0 Å². The van der Waals surface area contributed by atoms with Crippen molar-refractivity contribution in [2.24, 2.45) is 0 Å². The highest BCUT2D eigenvalue weighted by Crippen LogP contribution is 2.37. The van der Waals surface area contributed by atoms with Gasteiger partial charge >= 0.3 is 0 Å². The molecule has 2 aromatic heterocycles. The van der Waals surface area contributed by atoms with Crippen LogP contribution < -0.4 is 9.64 Å². The first-order valence-electron chi connectivity index (χ1n) is 11.1. The van der Waals surface area contributed by atoms with E-state index in [0.29, 0.717) is 6.61 Å². The van der Waals surface area contributed by atoms with Crippen molar-refractivity contribution in [3.63, 3.8) is 0 Å². The summed E-state index contributed by atoms with van der Waals surface area (Å²) in [6, 6.07) is 12.8. The lowest BCUT2D eigenvalue weighted by Gasteiger charge is -2.36. The average Bonchev–Trinajstić information content (AvgIpc) is 2.81. The molecule has 3 heterocycles. The number of hydrogen-bond acceptors (Lipinski definition) is 6. The van der Waals surface area contributed by atoms with Crippen LogP contribution >= 0.6 is 0 Å². The third kappa shape index (κ3) is 5.02. The molecule has 0 aliphatic carbocycles. The molecule has 3 aromatic rings. The van der Waals surface area contributed by atoms with Crippen molar-refractivity contribution in [2.75, 3.05) is 32.1 Å². The summed E-state index contributed by atoms with van der Waals surface area (Å²) in [5, 5.41) is 0. The van der Waals surface area contributed by atoms with Gasteiger partial charge in [0.25, 0.3) is 0 Å². The number of ether oxygens (including phenoxy) is 1. The molecule has 0 bridgehead atoms. The van der Waals surface area contributed by atoms with Gasteiger partial charge in [-0.05, 0) is 61.7 Å². The Bertz CT molecular complexity index is 975. The van der Waals surface area contributed by atoms with Crippen LogP contribution in [0.5, 0.6) is 5.75 Å². The molecule has 0 spiro atoms. The first-order valence-corrected chi connectivity index (χ1v) is 11.1. The maximum Gasteiger partial charge on any atom is 0.225 e. The molecule has 0 amide bonds.